The molecule has 0 saturated carbocycles. The van der Waals surface area contributed by atoms with Crippen LogP contribution in [-0.2, 0) is 6.18 Å². The van der Waals surface area contributed by atoms with Gasteiger partial charge < -0.3 is 0 Å². The van der Waals surface area contributed by atoms with Gasteiger partial charge in [-0.1, -0.05) is 0 Å². The van der Waals surface area contributed by atoms with Crippen LogP contribution in [0.15, 0.2) is 18.2 Å². The van der Waals surface area contributed by atoms with Crippen LogP contribution in [0, 0.1) is 34.9 Å². The molecule has 0 fully saturated rings. The lowest BCUT2D eigenvalue weighted by Gasteiger charge is -2.12. The number of hydrogen-bond donors (Lipinski definition) is 0. The molecule has 118 valence electrons. The van der Waals surface area contributed by atoms with Crippen LogP contribution in [0.1, 0.15) is 5.56 Å². The van der Waals surface area contributed by atoms with Gasteiger partial charge in [-0.25, -0.2) is 26.3 Å². The lowest BCUT2D eigenvalue weighted by molar-refractivity contribution is -0.137. The number of rotatable bonds is 1. The fraction of sp³-hybridized carbons (Fsp3) is 0.0769. The molecule has 0 saturated heterocycles. The lowest BCUT2D eigenvalue weighted by Crippen LogP contribution is -2.08. The Morgan fingerprint density at radius 3 is 1.55 bits per heavy atom. The predicted molar refractivity (Wildman–Crippen MR) is 56.6 cm³/mol. The van der Waals surface area contributed by atoms with E-state index < -0.39 is 57.8 Å². The lowest BCUT2D eigenvalue weighted by atomic mass is 10.00. The first kappa shape index (κ1) is 16.2. The fourth-order valence-corrected chi connectivity index (χ4v) is 1.73. The maximum absolute atomic E-state index is 13.5. The first-order valence-electron chi connectivity index (χ1n) is 5.44. The molecule has 0 aromatic heterocycles. The summed E-state index contributed by atoms with van der Waals surface area (Å²) in [5.41, 5.74) is -4.66. The van der Waals surface area contributed by atoms with Gasteiger partial charge in [0, 0.05) is 5.56 Å². The van der Waals surface area contributed by atoms with Gasteiger partial charge in [0.2, 0.25) is 5.82 Å². The molecule has 22 heavy (non-hydrogen) atoms. The zero-order valence-corrected chi connectivity index (χ0v) is 10.1. The smallest absolute Gasteiger partial charge is 0.206 e. The molecule has 0 bridgehead atoms. The van der Waals surface area contributed by atoms with Gasteiger partial charge in [-0.15, -0.1) is 0 Å². The molecule has 0 radical (unpaired) electrons. The molecule has 2 rings (SSSR count). The van der Waals surface area contributed by atoms with Crippen molar-refractivity contribution in [1.29, 1.82) is 0 Å². The van der Waals surface area contributed by atoms with Crippen LogP contribution in [0.25, 0.3) is 11.1 Å². The summed E-state index contributed by atoms with van der Waals surface area (Å²) in [5, 5.41) is 0. The molecule has 9 heteroatoms. The van der Waals surface area contributed by atoms with E-state index >= 15 is 0 Å². The van der Waals surface area contributed by atoms with Gasteiger partial charge in [0.1, 0.15) is 5.82 Å². The third kappa shape index (κ3) is 2.51. The van der Waals surface area contributed by atoms with Crippen molar-refractivity contribution in [3.05, 3.63) is 58.7 Å². The maximum atomic E-state index is 13.5. The highest BCUT2D eigenvalue weighted by Gasteiger charge is 2.33. The quantitative estimate of drug-likeness (QED) is 0.383. The van der Waals surface area contributed by atoms with Gasteiger partial charge in [-0.2, -0.15) is 13.2 Å². The zero-order valence-electron chi connectivity index (χ0n) is 10.1. The molecule has 0 nitrogen and oxygen atoms in total. The summed E-state index contributed by atoms with van der Waals surface area (Å²) in [5.74, 6) is -13.7. The molecule has 0 aliphatic rings. The normalized spacial score (nSPS) is 11.9. The van der Waals surface area contributed by atoms with Crippen molar-refractivity contribution >= 4 is 0 Å². The Balaban J connectivity index is 2.83. The van der Waals surface area contributed by atoms with Crippen LogP contribution in [-0.4, -0.2) is 0 Å². The van der Waals surface area contributed by atoms with E-state index in [1.807, 2.05) is 0 Å². The molecule has 0 aliphatic carbocycles. The van der Waals surface area contributed by atoms with Crippen molar-refractivity contribution in [3.8, 4) is 11.1 Å². The minimum atomic E-state index is -4.99. The van der Waals surface area contributed by atoms with E-state index in [2.05, 4.69) is 0 Å². The minimum Gasteiger partial charge on any atom is -0.206 e. The first-order valence-corrected chi connectivity index (χ1v) is 5.44. The van der Waals surface area contributed by atoms with Crippen LogP contribution in [0.5, 0.6) is 0 Å². The van der Waals surface area contributed by atoms with Crippen LogP contribution < -0.4 is 0 Å². The second kappa shape index (κ2) is 5.22. The third-order valence-corrected chi connectivity index (χ3v) is 2.77. The average molecular weight is 330 g/mol. The predicted octanol–water partition coefficient (Wildman–Crippen LogP) is 5.21. The van der Waals surface area contributed by atoms with Crippen molar-refractivity contribution in [2.24, 2.45) is 0 Å². The Morgan fingerprint density at radius 2 is 1.09 bits per heavy atom. The molecule has 0 amide bonds. The average Bonchev–Trinajstić information content (AvgIpc) is 2.44. The first-order chi connectivity index (χ1) is 10.1. The Labute approximate surface area is 116 Å². The van der Waals surface area contributed by atoms with Crippen molar-refractivity contribution in [3.63, 3.8) is 0 Å². The highest BCUT2D eigenvalue weighted by molar-refractivity contribution is 5.67. The summed E-state index contributed by atoms with van der Waals surface area (Å²) >= 11 is 0. The Kier molecular flexibility index (Phi) is 3.84. The number of halogens is 9. The second-order valence-corrected chi connectivity index (χ2v) is 4.14. The summed E-state index contributed by atoms with van der Waals surface area (Å²) in [6.45, 7) is 0. The standard InChI is InChI=1S/C13H3F9/c14-6-2-1-4(13(20,21)22)3-5(6)7-8(15)10(17)12(19)11(18)9(7)16/h1-3H. The summed E-state index contributed by atoms with van der Waals surface area (Å²) in [6, 6.07) is 0.453. The monoisotopic (exact) mass is 330 g/mol. The van der Waals surface area contributed by atoms with Crippen molar-refractivity contribution in [1.82, 2.24) is 0 Å². The number of benzene rings is 2. The molecule has 2 aromatic carbocycles. The molecule has 0 spiro atoms. The highest BCUT2D eigenvalue weighted by atomic mass is 19.4. The maximum Gasteiger partial charge on any atom is 0.416 e. The van der Waals surface area contributed by atoms with Gasteiger partial charge in [-0.3, -0.25) is 0 Å². The molecule has 0 unspecified atom stereocenters. The van der Waals surface area contributed by atoms with Gasteiger partial charge >= 0.3 is 6.18 Å². The van der Waals surface area contributed by atoms with E-state index in [0.717, 1.165) is 0 Å². The van der Waals surface area contributed by atoms with Crippen LogP contribution in [0.2, 0.25) is 0 Å². The highest BCUT2D eigenvalue weighted by Crippen LogP contribution is 2.37. The molecule has 0 N–H and O–H groups in total. The van der Waals surface area contributed by atoms with Gasteiger partial charge in [0.05, 0.1) is 11.1 Å². The molecular weight excluding hydrogens is 327 g/mol. The van der Waals surface area contributed by atoms with E-state index in [-0.39, 0.29) is 18.2 Å². The summed E-state index contributed by atoms with van der Waals surface area (Å²) in [6.07, 6.45) is -4.99. The second-order valence-electron chi connectivity index (χ2n) is 4.14. The molecule has 0 atom stereocenters. The third-order valence-electron chi connectivity index (χ3n) is 2.77. The van der Waals surface area contributed by atoms with Gasteiger partial charge in [0.15, 0.2) is 23.3 Å². The number of hydrogen-bond acceptors (Lipinski definition) is 0. The molecule has 0 aliphatic heterocycles. The van der Waals surface area contributed by atoms with E-state index in [0.29, 0.717) is 0 Å². The van der Waals surface area contributed by atoms with E-state index in [9.17, 15) is 39.5 Å². The van der Waals surface area contributed by atoms with Gasteiger partial charge in [-0.05, 0) is 18.2 Å². The topological polar surface area (TPSA) is 0 Å². The fourth-order valence-electron chi connectivity index (χ4n) is 1.73. The number of alkyl halides is 3. The molecular formula is C13H3F9. The van der Waals surface area contributed by atoms with Crippen molar-refractivity contribution < 1.29 is 39.5 Å². The van der Waals surface area contributed by atoms with Crippen molar-refractivity contribution in [2.75, 3.05) is 0 Å². The van der Waals surface area contributed by atoms with E-state index in [1.165, 1.54) is 0 Å². The minimum absolute atomic E-state index is 0.0341. The van der Waals surface area contributed by atoms with Crippen LogP contribution in [0.4, 0.5) is 39.5 Å². The zero-order chi connectivity index (χ0) is 16.8. The Bertz CT molecular complexity index is 717. The Hall–Kier alpha value is -2.19. The van der Waals surface area contributed by atoms with Crippen LogP contribution in [0.3, 0.4) is 0 Å². The molecule has 2 aromatic rings. The Morgan fingerprint density at radius 1 is 0.636 bits per heavy atom. The van der Waals surface area contributed by atoms with E-state index in [4.69, 9.17) is 0 Å². The summed E-state index contributed by atoms with van der Waals surface area (Å²) in [4.78, 5) is 0. The summed E-state index contributed by atoms with van der Waals surface area (Å²) in [7, 11) is 0. The largest absolute Gasteiger partial charge is 0.416 e. The van der Waals surface area contributed by atoms with E-state index in [1.54, 1.807) is 0 Å². The van der Waals surface area contributed by atoms with Crippen molar-refractivity contribution in [2.45, 2.75) is 6.18 Å². The summed E-state index contributed by atoms with van der Waals surface area (Å²) < 4.78 is 117. The van der Waals surface area contributed by atoms with Crippen LogP contribution >= 0.6 is 0 Å². The SMILES string of the molecule is Fc1ccc(C(F)(F)F)cc1-c1c(F)c(F)c(F)c(F)c1F. The molecule has 0 heterocycles. The van der Waals surface area contributed by atoms with Gasteiger partial charge in [0.25, 0.3) is 0 Å².